The summed E-state index contributed by atoms with van der Waals surface area (Å²) >= 11 is 1.57. The van der Waals surface area contributed by atoms with Gasteiger partial charge in [0.25, 0.3) is 5.91 Å². The van der Waals surface area contributed by atoms with Gasteiger partial charge in [0.05, 0.1) is 25.3 Å². The zero-order valence-electron chi connectivity index (χ0n) is 22.6. The van der Waals surface area contributed by atoms with Gasteiger partial charge in [-0.2, -0.15) is 0 Å². The topological polar surface area (TPSA) is 98.3 Å². The van der Waals surface area contributed by atoms with Crippen LogP contribution in [0.5, 0.6) is 11.5 Å². The van der Waals surface area contributed by atoms with E-state index in [1.807, 2.05) is 66.7 Å². The van der Waals surface area contributed by atoms with Crippen LogP contribution in [0.4, 0.5) is 17.2 Å². The van der Waals surface area contributed by atoms with Crippen molar-refractivity contribution in [3.05, 3.63) is 96.4 Å². The van der Waals surface area contributed by atoms with Gasteiger partial charge >= 0.3 is 0 Å². The van der Waals surface area contributed by atoms with E-state index in [1.165, 1.54) is 6.33 Å². The highest BCUT2D eigenvalue weighted by atomic mass is 32.2. The van der Waals surface area contributed by atoms with Gasteiger partial charge in [-0.1, -0.05) is 31.7 Å². The molecule has 0 aliphatic heterocycles. The Balaban J connectivity index is 1.50. The lowest BCUT2D eigenvalue weighted by atomic mass is 10.1. The van der Waals surface area contributed by atoms with Crippen LogP contribution in [0.2, 0.25) is 0 Å². The predicted octanol–water partition coefficient (Wildman–Crippen LogP) is 7.31. The van der Waals surface area contributed by atoms with Gasteiger partial charge in [0, 0.05) is 32.8 Å². The molecule has 40 heavy (non-hydrogen) atoms. The van der Waals surface area contributed by atoms with Crippen LogP contribution in [0.15, 0.2) is 95.0 Å². The molecule has 5 aromatic rings. The van der Waals surface area contributed by atoms with Crippen LogP contribution >= 0.6 is 11.8 Å². The van der Waals surface area contributed by atoms with Gasteiger partial charge in [-0.25, -0.2) is 15.0 Å². The van der Waals surface area contributed by atoms with Crippen molar-refractivity contribution in [3.8, 4) is 11.5 Å². The van der Waals surface area contributed by atoms with Crippen LogP contribution in [-0.2, 0) is 0 Å². The molecule has 1 amide bonds. The molecule has 0 spiro atoms. The van der Waals surface area contributed by atoms with E-state index in [-0.39, 0.29) is 11.8 Å². The van der Waals surface area contributed by atoms with Crippen molar-refractivity contribution in [3.63, 3.8) is 0 Å². The Kier molecular flexibility index (Phi) is 8.12. The number of benzene rings is 3. The summed E-state index contributed by atoms with van der Waals surface area (Å²) in [5.41, 5.74) is 3.43. The van der Waals surface area contributed by atoms with Crippen LogP contribution in [0, 0.1) is 0 Å². The molecule has 8 nitrogen and oxygen atoms in total. The van der Waals surface area contributed by atoms with E-state index in [9.17, 15) is 4.79 Å². The average molecular weight is 552 g/mol. The van der Waals surface area contributed by atoms with E-state index in [0.29, 0.717) is 28.5 Å². The standard InChI is InChI=1S/C31H29N5O3S/c1-19(2)26-14-13-25-29(35-26)32-18-33-30(25)36-27-16-20(31(37)34-21-6-5-7-23(17-21)39-4)8-15-28(27)40-24-11-9-22(38-3)10-12-24/h5-19H,1-4H3,(H,34,37)(H,32,33,35,36). The summed E-state index contributed by atoms with van der Waals surface area (Å²) in [4.78, 5) is 28.8. The Morgan fingerprint density at radius 2 is 1.68 bits per heavy atom. The SMILES string of the molecule is COc1ccc(Sc2ccc(C(=O)Nc3cccc(OC)c3)cc2Nc2ncnc3nc(C(C)C)ccc23)cc1. The molecule has 0 aliphatic rings. The Bertz CT molecular complexity index is 1660. The van der Waals surface area contributed by atoms with Crippen LogP contribution in [-0.4, -0.2) is 35.1 Å². The Hall–Kier alpha value is -4.63. The quantitative estimate of drug-likeness (QED) is 0.197. The molecule has 2 aromatic heterocycles. The third-order valence-electron chi connectivity index (χ3n) is 6.22. The maximum Gasteiger partial charge on any atom is 0.255 e. The molecule has 0 fully saturated rings. The second-order valence-electron chi connectivity index (χ2n) is 9.28. The van der Waals surface area contributed by atoms with Crippen molar-refractivity contribution in [1.29, 1.82) is 0 Å². The molecule has 2 heterocycles. The minimum atomic E-state index is -0.243. The average Bonchev–Trinajstić information content (AvgIpc) is 2.98. The minimum absolute atomic E-state index is 0.243. The van der Waals surface area contributed by atoms with Gasteiger partial charge < -0.3 is 20.1 Å². The summed E-state index contributed by atoms with van der Waals surface area (Å²) in [6, 6.07) is 24.6. The van der Waals surface area contributed by atoms with Gasteiger partial charge in [-0.3, -0.25) is 4.79 Å². The first-order valence-corrected chi connectivity index (χ1v) is 13.5. The highest BCUT2D eigenvalue weighted by molar-refractivity contribution is 7.99. The van der Waals surface area contributed by atoms with Crippen LogP contribution < -0.4 is 20.1 Å². The summed E-state index contributed by atoms with van der Waals surface area (Å²) in [6.45, 7) is 4.19. The molecule has 0 saturated heterocycles. The zero-order valence-corrected chi connectivity index (χ0v) is 23.5. The number of anilines is 3. The highest BCUT2D eigenvalue weighted by Crippen LogP contribution is 2.37. The van der Waals surface area contributed by atoms with E-state index in [4.69, 9.17) is 14.5 Å². The molecule has 9 heteroatoms. The number of fused-ring (bicyclic) bond motifs is 1. The monoisotopic (exact) mass is 551 g/mol. The summed E-state index contributed by atoms with van der Waals surface area (Å²) in [7, 11) is 3.23. The maximum atomic E-state index is 13.2. The minimum Gasteiger partial charge on any atom is -0.497 e. The third-order valence-corrected chi connectivity index (χ3v) is 7.30. The third kappa shape index (κ3) is 6.16. The summed E-state index contributed by atoms with van der Waals surface area (Å²) in [5.74, 6) is 2.09. The molecule has 0 radical (unpaired) electrons. The number of amides is 1. The van der Waals surface area contributed by atoms with Gasteiger partial charge in [-0.15, -0.1) is 0 Å². The molecule has 3 aromatic carbocycles. The number of ether oxygens (including phenoxy) is 2. The summed E-state index contributed by atoms with van der Waals surface area (Å²) in [5, 5.41) is 7.19. The molecule has 0 saturated carbocycles. The smallest absolute Gasteiger partial charge is 0.255 e. The molecule has 5 rings (SSSR count). The normalized spacial score (nSPS) is 10.9. The van der Waals surface area contributed by atoms with E-state index in [1.54, 1.807) is 38.1 Å². The fraction of sp³-hybridized carbons (Fsp3) is 0.161. The van der Waals surface area contributed by atoms with E-state index >= 15 is 0 Å². The van der Waals surface area contributed by atoms with Crippen molar-refractivity contribution < 1.29 is 14.3 Å². The number of methoxy groups -OCH3 is 2. The van der Waals surface area contributed by atoms with E-state index < -0.39 is 0 Å². The predicted molar refractivity (Wildman–Crippen MR) is 159 cm³/mol. The zero-order chi connectivity index (χ0) is 28.1. The first-order chi connectivity index (χ1) is 19.4. The molecule has 0 atom stereocenters. The number of nitrogens with zero attached hydrogens (tertiary/aromatic N) is 3. The van der Waals surface area contributed by atoms with Crippen LogP contribution in [0.3, 0.4) is 0 Å². The van der Waals surface area contributed by atoms with Crippen molar-refractivity contribution in [2.45, 2.75) is 29.6 Å². The van der Waals surface area contributed by atoms with Gasteiger partial charge in [0.1, 0.15) is 23.6 Å². The fourth-order valence-corrected chi connectivity index (χ4v) is 4.92. The maximum absolute atomic E-state index is 13.2. The molecule has 202 valence electrons. The van der Waals surface area contributed by atoms with Gasteiger partial charge in [0.2, 0.25) is 0 Å². The fourth-order valence-electron chi connectivity index (χ4n) is 4.04. The number of carbonyl (C=O) groups excluding carboxylic acids is 1. The summed E-state index contributed by atoms with van der Waals surface area (Å²) in [6.07, 6.45) is 1.50. The number of carbonyl (C=O) groups is 1. The van der Waals surface area contributed by atoms with Crippen molar-refractivity contribution in [1.82, 2.24) is 15.0 Å². The molecule has 2 N–H and O–H groups in total. The largest absolute Gasteiger partial charge is 0.497 e. The Morgan fingerprint density at radius 1 is 0.875 bits per heavy atom. The van der Waals surface area contributed by atoms with Crippen LogP contribution in [0.25, 0.3) is 11.0 Å². The number of nitrogens with one attached hydrogen (secondary N) is 2. The number of pyridine rings is 1. The highest BCUT2D eigenvalue weighted by Gasteiger charge is 2.15. The van der Waals surface area contributed by atoms with Crippen LogP contribution in [0.1, 0.15) is 35.8 Å². The van der Waals surface area contributed by atoms with E-state index in [0.717, 1.165) is 32.3 Å². The van der Waals surface area contributed by atoms with E-state index in [2.05, 4.69) is 34.4 Å². The first-order valence-electron chi connectivity index (χ1n) is 12.7. The number of hydrogen-bond acceptors (Lipinski definition) is 8. The second-order valence-corrected chi connectivity index (χ2v) is 10.4. The second kappa shape index (κ2) is 12.0. The first kappa shape index (κ1) is 27.0. The molecule has 0 unspecified atom stereocenters. The van der Waals surface area contributed by atoms with Gasteiger partial charge in [-0.05, 0) is 72.6 Å². The lowest BCUT2D eigenvalue weighted by molar-refractivity contribution is 0.102. The van der Waals surface area contributed by atoms with Gasteiger partial charge in [0.15, 0.2) is 5.65 Å². The molecule has 0 bridgehead atoms. The summed E-state index contributed by atoms with van der Waals surface area (Å²) < 4.78 is 10.6. The Labute approximate surface area is 237 Å². The van der Waals surface area contributed by atoms with Crippen molar-refractivity contribution in [2.24, 2.45) is 0 Å². The number of rotatable bonds is 9. The Morgan fingerprint density at radius 3 is 2.42 bits per heavy atom. The molecular formula is C31H29N5O3S. The lowest BCUT2D eigenvalue weighted by Gasteiger charge is -2.15. The molecule has 0 aliphatic carbocycles. The molecular weight excluding hydrogens is 522 g/mol. The number of aromatic nitrogens is 3. The lowest BCUT2D eigenvalue weighted by Crippen LogP contribution is -2.12. The number of hydrogen-bond donors (Lipinski definition) is 2. The van der Waals surface area contributed by atoms with Crippen molar-refractivity contribution >= 4 is 45.9 Å². The van der Waals surface area contributed by atoms with Crippen molar-refractivity contribution in [2.75, 3.05) is 24.9 Å².